The van der Waals surface area contributed by atoms with E-state index in [-0.39, 0.29) is 5.75 Å². The van der Waals surface area contributed by atoms with Crippen LogP contribution in [0.4, 0.5) is 0 Å². The first-order chi connectivity index (χ1) is 6.89. The average Bonchev–Trinajstić information content (AvgIpc) is 2.15. The van der Waals surface area contributed by atoms with Gasteiger partial charge in [-0.2, -0.15) is 0 Å². The van der Waals surface area contributed by atoms with Crippen LogP contribution in [0.2, 0.25) is 0 Å². The minimum absolute atomic E-state index is 0.218. The summed E-state index contributed by atoms with van der Waals surface area (Å²) in [5, 5.41) is 9.06. The second-order valence-corrected chi connectivity index (χ2v) is 5.59. The molecular weight excluding hydrogens is 214 g/mol. The molecule has 0 fully saturated rings. The molecule has 0 heterocycles. The maximum absolute atomic E-state index is 11.1. The van der Waals surface area contributed by atoms with Gasteiger partial charge in [-0.3, -0.25) is 0 Å². The van der Waals surface area contributed by atoms with E-state index >= 15 is 0 Å². The highest BCUT2D eigenvalue weighted by Crippen LogP contribution is 2.10. The SMILES string of the molecule is CN(CCc1ccc(O)cc1)S(C)(=O)=O. The second kappa shape index (κ2) is 4.63. The van der Waals surface area contributed by atoms with E-state index in [0.29, 0.717) is 13.0 Å². The van der Waals surface area contributed by atoms with Gasteiger partial charge in [0.1, 0.15) is 5.75 Å². The predicted molar refractivity (Wildman–Crippen MR) is 59.3 cm³/mol. The lowest BCUT2D eigenvalue weighted by atomic mass is 10.1. The van der Waals surface area contributed by atoms with Gasteiger partial charge in [0.05, 0.1) is 6.26 Å². The molecule has 0 atom stereocenters. The molecule has 84 valence electrons. The van der Waals surface area contributed by atoms with Crippen molar-refractivity contribution < 1.29 is 13.5 Å². The van der Waals surface area contributed by atoms with Crippen molar-refractivity contribution in [1.82, 2.24) is 4.31 Å². The van der Waals surface area contributed by atoms with Crippen LogP contribution in [0.1, 0.15) is 5.56 Å². The largest absolute Gasteiger partial charge is 0.508 e. The normalized spacial score (nSPS) is 11.9. The topological polar surface area (TPSA) is 57.6 Å². The minimum Gasteiger partial charge on any atom is -0.508 e. The molecule has 1 N–H and O–H groups in total. The van der Waals surface area contributed by atoms with Crippen LogP contribution in [0, 0.1) is 0 Å². The van der Waals surface area contributed by atoms with E-state index in [9.17, 15) is 8.42 Å². The first kappa shape index (κ1) is 12.0. The van der Waals surface area contributed by atoms with E-state index in [4.69, 9.17) is 5.11 Å². The van der Waals surface area contributed by atoms with Gasteiger partial charge in [0.15, 0.2) is 0 Å². The van der Waals surface area contributed by atoms with E-state index in [1.165, 1.54) is 10.6 Å². The molecule has 1 aromatic rings. The van der Waals surface area contributed by atoms with Crippen LogP contribution < -0.4 is 0 Å². The molecule has 0 aliphatic rings. The molecule has 0 aliphatic carbocycles. The van der Waals surface area contributed by atoms with Crippen molar-refractivity contribution in [3.8, 4) is 5.75 Å². The fraction of sp³-hybridized carbons (Fsp3) is 0.400. The predicted octanol–water partition coefficient (Wildman–Crippen LogP) is 0.826. The quantitative estimate of drug-likeness (QED) is 0.831. The minimum atomic E-state index is -3.10. The zero-order chi connectivity index (χ0) is 11.5. The van der Waals surface area contributed by atoms with Gasteiger partial charge in [-0.05, 0) is 24.1 Å². The van der Waals surface area contributed by atoms with Crippen molar-refractivity contribution >= 4 is 10.0 Å². The Morgan fingerprint density at radius 2 is 1.80 bits per heavy atom. The van der Waals surface area contributed by atoms with Crippen molar-refractivity contribution in [2.75, 3.05) is 19.8 Å². The number of nitrogens with zero attached hydrogens (tertiary/aromatic N) is 1. The van der Waals surface area contributed by atoms with Gasteiger partial charge in [0.25, 0.3) is 0 Å². The monoisotopic (exact) mass is 229 g/mol. The molecule has 0 saturated heterocycles. The Hall–Kier alpha value is -1.07. The van der Waals surface area contributed by atoms with E-state index in [1.807, 2.05) is 0 Å². The lowest BCUT2D eigenvalue weighted by Gasteiger charge is -2.13. The highest BCUT2D eigenvalue weighted by molar-refractivity contribution is 7.88. The highest BCUT2D eigenvalue weighted by atomic mass is 32.2. The summed E-state index contributed by atoms with van der Waals surface area (Å²) in [7, 11) is -1.55. The number of phenolic OH excluding ortho intramolecular Hbond substituents is 1. The van der Waals surface area contributed by atoms with E-state index in [2.05, 4.69) is 0 Å². The Morgan fingerprint density at radius 3 is 2.27 bits per heavy atom. The summed E-state index contributed by atoms with van der Waals surface area (Å²) in [6.07, 6.45) is 1.83. The van der Waals surface area contributed by atoms with E-state index in [0.717, 1.165) is 5.56 Å². The van der Waals surface area contributed by atoms with Gasteiger partial charge >= 0.3 is 0 Å². The zero-order valence-corrected chi connectivity index (χ0v) is 9.66. The maximum atomic E-state index is 11.1. The van der Waals surface area contributed by atoms with Gasteiger partial charge in [0.2, 0.25) is 10.0 Å². The number of aromatic hydroxyl groups is 1. The summed E-state index contributed by atoms with van der Waals surface area (Å²) in [4.78, 5) is 0. The fourth-order valence-corrected chi connectivity index (χ4v) is 1.54. The van der Waals surface area contributed by atoms with Crippen LogP contribution in [-0.2, 0) is 16.4 Å². The molecule has 1 aromatic carbocycles. The maximum Gasteiger partial charge on any atom is 0.210 e. The number of likely N-dealkylation sites (N-methyl/N-ethyl adjacent to an activating group) is 1. The Balaban J connectivity index is 2.55. The first-order valence-electron chi connectivity index (χ1n) is 4.59. The zero-order valence-electron chi connectivity index (χ0n) is 8.84. The van der Waals surface area contributed by atoms with Gasteiger partial charge in [-0.1, -0.05) is 12.1 Å². The standard InChI is InChI=1S/C10H15NO3S/c1-11(15(2,13)14)8-7-9-3-5-10(12)6-4-9/h3-6,12H,7-8H2,1-2H3. The number of rotatable bonds is 4. The molecule has 0 saturated carbocycles. The summed E-state index contributed by atoms with van der Waals surface area (Å²) in [5.74, 6) is 0.218. The molecular formula is C10H15NO3S. The lowest BCUT2D eigenvalue weighted by molar-refractivity contribution is 0.471. The van der Waals surface area contributed by atoms with Crippen LogP contribution >= 0.6 is 0 Å². The second-order valence-electron chi connectivity index (χ2n) is 3.50. The van der Waals surface area contributed by atoms with Crippen molar-refractivity contribution in [3.63, 3.8) is 0 Å². The number of hydrogen-bond acceptors (Lipinski definition) is 3. The molecule has 0 unspecified atom stereocenters. The lowest BCUT2D eigenvalue weighted by Crippen LogP contribution is -2.27. The van der Waals surface area contributed by atoms with E-state index in [1.54, 1.807) is 31.3 Å². The van der Waals surface area contributed by atoms with Gasteiger partial charge in [-0.25, -0.2) is 12.7 Å². The molecule has 0 bridgehead atoms. The van der Waals surface area contributed by atoms with Crippen molar-refractivity contribution in [2.45, 2.75) is 6.42 Å². The molecule has 1 rings (SSSR count). The molecule has 0 amide bonds. The average molecular weight is 229 g/mol. The van der Waals surface area contributed by atoms with Crippen LogP contribution in [0.5, 0.6) is 5.75 Å². The van der Waals surface area contributed by atoms with Crippen LogP contribution in [0.25, 0.3) is 0 Å². The van der Waals surface area contributed by atoms with Crippen LogP contribution in [0.3, 0.4) is 0 Å². The number of sulfonamides is 1. The Bertz CT molecular complexity index is 411. The number of benzene rings is 1. The van der Waals surface area contributed by atoms with Gasteiger partial charge in [0, 0.05) is 13.6 Å². The van der Waals surface area contributed by atoms with Crippen molar-refractivity contribution in [2.24, 2.45) is 0 Å². The summed E-state index contributed by atoms with van der Waals surface area (Å²) < 4.78 is 23.5. The summed E-state index contributed by atoms with van der Waals surface area (Å²) in [6.45, 7) is 0.448. The van der Waals surface area contributed by atoms with Gasteiger partial charge < -0.3 is 5.11 Å². The molecule has 15 heavy (non-hydrogen) atoms. The summed E-state index contributed by atoms with van der Waals surface area (Å²) >= 11 is 0. The Labute approximate surface area is 90.2 Å². The molecule has 0 spiro atoms. The summed E-state index contributed by atoms with van der Waals surface area (Å²) in [6, 6.07) is 6.75. The number of phenols is 1. The third-order valence-corrected chi connectivity index (χ3v) is 3.53. The Morgan fingerprint density at radius 1 is 1.27 bits per heavy atom. The molecule has 0 radical (unpaired) electrons. The molecule has 5 heteroatoms. The van der Waals surface area contributed by atoms with Crippen LogP contribution in [-0.4, -0.2) is 37.7 Å². The molecule has 0 aromatic heterocycles. The van der Waals surface area contributed by atoms with Crippen molar-refractivity contribution in [3.05, 3.63) is 29.8 Å². The highest BCUT2D eigenvalue weighted by Gasteiger charge is 2.09. The first-order valence-corrected chi connectivity index (χ1v) is 6.43. The van der Waals surface area contributed by atoms with Crippen molar-refractivity contribution in [1.29, 1.82) is 0 Å². The number of hydrogen-bond donors (Lipinski definition) is 1. The third-order valence-electron chi connectivity index (χ3n) is 2.22. The third kappa shape index (κ3) is 3.89. The smallest absolute Gasteiger partial charge is 0.210 e. The molecule has 0 aliphatic heterocycles. The summed E-state index contributed by atoms with van der Waals surface area (Å²) in [5.41, 5.74) is 1.00. The Kier molecular flexibility index (Phi) is 3.71. The fourth-order valence-electron chi connectivity index (χ4n) is 1.11. The van der Waals surface area contributed by atoms with Crippen LogP contribution in [0.15, 0.2) is 24.3 Å². The molecule has 4 nitrogen and oxygen atoms in total. The van der Waals surface area contributed by atoms with Gasteiger partial charge in [-0.15, -0.1) is 0 Å². The van der Waals surface area contributed by atoms with E-state index < -0.39 is 10.0 Å².